The van der Waals surface area contributed by atoms with Gasteiger partial charge in [-0.15, -0.1) is 0 Å². The van der Waals surface area contributed by atoms with Gasteiger partial charge in [0.2, 0.25) is 0 Å². The van der Waals surface area contributed by atoms with Crippen LogP contribution in [0.5, 0.6) is 0 Å². The zero-order chi connectivity index (χ0) is 4.50. The normalized spacial score (nSPS) is 12.0. The molecule has 0 aliphatic rings. The Hall–Kier alpha value is 3.18. The molecular formula is Br4Ca. The van der Waals surface area contributed by atoms with Gasteiger partial charge in [-0.1, -0.05) is 0 Å². The zero-order valence-corrected chi connectivity index (χ0v) is 10.8. The molecule has 0 nitrogen and oxygen atoms in total. The molecule has 0 aliphatic heterocycles. The minimum atomic E-state index is -2.00. The van der Waals surface area contributed by atoms with Crippen molar-refractivity contribution in [2.45, 2.75) is 0 Å². The molecule has 0 spiro atoms. The maximum atomic E-state index is 3.34. The molecule has 0 unspecified atom stereocenters. The fourth-order valence-corrected chi connectivity index (χ4v) is 0. The predicted molar refractivity (Wildman–Crippen MR) is 41.5 cm³/mol. The van der Waals surface area contributed by atoms with Crippen LogP contribution >= 0.6 is 38.8 Å². The molecule has 0 aliphatic carbocycles. The summed E-state index contributed by atoms with van der Waals surface area (Å²) in [5, 5.41) is 0. The Labute approximate surface area is 54.9 Å². The molecule has 0 aromatic carbocycles. The van der Waals surface area contributed by atoms with E-state index in [4.69, 9.17) is 0 Å². The van der Waals surface area contributed by atoms with Gasteiger partial charge in [-0.25, -0.2) is 0 Å². The Morgan fingerprint density at radius 3 is 0.800 bits per heavy atom. The molecule has 30 valence electrons. The molecule has 0 heterocycles. The van der Waals surface area contributed by atoms with E-state index in [2.05, 4.69) is 38.8 Å². The molecule has 0 fully saturated rings. The van der Waals surface area contributed by atoms with Crippen molar-refractivity contribution in [2.24, 2.45) is 0 Å². The quantitative estimate of drug-likeness (QED) is 0.583. The molecule has 5 heavy (non-hydrogen) atoms. The van der Waals surface area contributed by atoms with Crippen molar-refractivity contribution in [1.29, 1.82) is 0 Å². The topological polar surface area (TPSA) is 0 Å². The molecular weight excluding hydrogens is 360 g/mol. The van der Waals surface area contributed by atoms with E-state index in [9.17, 15) is 0 Å². The summed E-state index contributed by atoms with van der Waals surface area (Å²) in [7, 11) is 13.4. The second-order valence-electron chi connectivity index (χ2n) is 0.606. The van der Waals surface area contributed by atoms with Crippen molar-refractivity contribution in [1.82, 2.24) is 0 Å². The van der Waals surface area contributed by atoms with E-state index in [1.807, 2.05) is 0 Å². The second kappa shape index (κ2) is 3.25. The summed E-state index contributed by atoms with van der Waals surface area (Å²) < 4.78 is 0. The first kappa shape index (κ1) is 8.18. The SMILES string of the molecule is [Br][Ca]([Br])([Br])[Br]. The first-order valence-corrected chi connectivity index (χ1v) is 22.9. The molecule has 0 rings (SSSR count). The van der Waals surface area contributed by atoms with Crippen LogP contribution in [0.4, 0.5) is 0 Å². The zero-order valence-electron chi connectivity index (χ0n) is 2.22. The molecule has 0 atom stereocenters. The van der Waals surface area contributed by atoms with E-state index in [0.29, 0.717) is 0 Å². The average molecular weight is 360 g/mol. The number of hydrogen-bond acceptors (Lipinski definition) is 0. The third-order valence-corrected chi connectivity index (χ3v) is 0. The van der Waals surface area contributed by atoms with Gasteiger partial charge in [0.15, 0.2) is 0 Å². The Morgan fingerprint density at radius 1 is 0.800 bits per heavy atom. The summed E-state index contributed by atoms with van der Waals surface area (Å²) in [6, 6.07) is 0. The van der Waals surface area contributed by atoms with Gasteiger partial charge in [0.25, 0.3) is 0 Å². The van der Waals surface area contributed by atoms with Gasteiger partial charge in [-0.3, -0.25) is 0 Å². The molecule has 0 amide bonds. The van der Waals surface area contributed by atoms with Crippen LogP contribution in [0.3, 0.4) is 0 Å². The van der Waals surface area contributed by atoms with Crippen molar-refractivity contribution in [3.05, 3.63) is 0 Å². The second-order valence-corrected chi connectivity index (χ2v) is 67.5. The predicted octanol–water partition coefficient (Wildman–Crippen LogP) is 3.00. The van der Waals surface area contributed by atoms with Crippen molar-refractivity contribution >= 4 is 57.0 Å². The summed E-state index contributed by atoms with van der Waals surface area (Å²) >= 11 is -2.00. The average Bonchev–Trinajstić information content (AvgIpc) is 0.722. The van der Waals surface area contributed by atoms with Crippen LogP contribution in [0.1, 0.15) is 0 Å². The van der Waals surface area contributed by atoms with E-state index in [-0.39, 0.29) is 0 Å². The Kier molecular flexibility index (Phi) is 5.32. The van der Waals surface area contributed by atoms with Gasteiger partial charge in [-0.2, -0.15) is 0 Å². The van der Waals surface area contributed by atoms with Crippen LogP contribution in [0, 0.1) is 0 Å². The number of rotatable bonds is 0. The van der Waals surface area contributed by atoms with Gasteiger partial charge in [0, 0.05) is 0 Å². The first-order chi connectivity index (χ1) is 2.00. The van der Waals surface area contributed by atoms with Crippen molar-refractivity contribution in [3.8, 4) is 0 Å². The Bertz CT molecular complexity index is 19.1. The molecule has 0 aromatic rings. The molecule has 2 radical (unpaired) electrons. The van der Waals surface area contributed by atoms with Gasteiger partial charge in [0.1, 0.15) is 0 Å². The van der Waals surface area contributed by atoms with E-state index in [1.54, 1.807) is 0 Å². The van der Waals surface area contributed by atoms with Crippen LogP contribution in [0.25, 0.3) is 0 Å². The third kappa shape index (κ3) is 19.1. The summed E-state index contributed by atoms with van der Waals surface area (Å²) in [6.07, 6.45) is 0. The molecule has 0 aromatic heterocycles. The van der Waals surface area contributed by atoms with Gasteiger partial charge in [0.05, 0.1) is 0 Å². The van der Waals surface area contributed by atoms with E-state index < -0.39 is 18.2 Å². The summed E-state index contributed by atoms with van der Waals surface area (Å²) in [5.74, 6) is 0. The summed E-state index contributed by atoms with van der Waals surface area (Å²) in [5.41, 5.74) is 0. The van der Waals surface area contributed by atoms with Gasteiger partial charge in [-0.05, 0) is 0 Å². The molecule has 0 N–H and O–H groups in total. The first-order valence-electron chi connectivity index (χ1n) is 1.07. The number of halogens is 4. The molecule has 5 heteroatoms. The van der Waals surface area contributed by atoms with E-state index >= 15 is 0 Å². The summed E-state index contributed by atoms with van der Waals surface area (Å²) in [4.78, 5) is 0. The third-order valence-electron chi connectivity index (χ3n) is 0. The van der Waals surface area contributed by atoms with Crippen LogP contribution < -0.4 is 0 Å². The van der Waals surface area contributed by atoms with Crippen LogP contribution in [0.15, 0.2) is 0 Å². The summed E-state index contributed by atoms with van der Waals surface area (Å²) in [6.45, 7) is 0. The fraction of sp³-hybridized carbons (Fsp3) is 0. The maximum absolute atomic E-state index is 3.34. The van der Waals surface area contributed by atoms with Crippen molar-refractivity contribution < 1.29 is 0 Å². The Morgan fingerprint density at radius 2 is 0.800 bits per heavy atom. The minimum absolute atomic E-state index is 2.00. The molecule has 0 bridgehead atoms. The van der Waals surface area contributed by atoms with E-state index in [1.165, 1.54) is 0 Å². The fourth-order valence-electron chi connectivity index (χ4n) is 0. The Balaban J connectivity index is 3.02. The van der Waals surface area contributed by atoms with Crippen LogP contribution in [-0.4, -0.2) is 18.2 Å². The van der Waals surface area contributed by atoms with Crippen molar-refractivity contribution in [2.75, 3.05) is 0 Å². The van der Waals surface area contributed by atoms with Gasteiger partial charge < -0.3 is 0 Å². The van der Waals surface area contributed by atoms with E-state index in [0.717, 1.165) is 0 Å². The molecule has 0 saturated carbocycles. The monoisotopic (exact) mass is 356 g/mol. The van der Waals surface area contributed by atoms with Crippen LogP contribution in [-0.2, 0) is 0 Å². The number of hydrogen-bond donors (Lipinski definition) is 0. The van der Waals surface area contributed by atoms with Crippen molar-refractivity contribution in [3.63, 3.8) is 0 Å². The van der Waals surface area contributed by atoms with Crippen LogP contribution in [0.2, 0.25) is 0 Å². The van der Waals surface area contributed by atoms with Gasteiger partial charge >= 0.3 is 57.0 Å². The standard InChI is InChI=1S/4BrH.Ca/h4*1H;/q;;;;+4/p-4. The molecule has 0 saturated heterocycles.